The Kier molecular flexibility index (Phi) is 9.44. The molecular weight excluding hydrogens is 441 g/mol. The largest absolute Gasteiger partial charge is 0.484 e. The van der Waals surface area contributed by atoms with Gasteiger partial charge in [0, 0.05) is 25.2 Å². The zero-order valence-electron chi connectivity index (χ0n) is 20.8. The van der Waals surface area contributed by atoms with Crippen LogP contribution in [0.25, 0.3) is 0 Å². The number of carbonyl (C=O) groups excluding carboxylic acids is 1. The fraction of sp³-hybridized carbons (Fsp3) is 0.741. The second-order valence-corrected chi connectivity index (χ2v) is 10.6. The van der Waals surface area contributed by atoms with Crippen molar-refractivity contribution in [2.45, 2.75) is 89.9 Å². The molecule has 7 heteroatoms. The maximum absolute atomic E-state index is 13.0. The number of benzene rings is 1. The molecule has 1 heterocycles. The number of Topliss-reactive ketones (excluding diaryl/α,β-unsaturated/α-hetero) is 1. The fourth-order valence-electron chi connectivity index (χ4n) is 6.10. The van der Waals surface area contributed by atoms with E-state index in [1.807, 2.05) is 12.1 Å². The maximum atomic E-state index is 13.0. The van der Waals surface area contributed by atoms with E-state index in [4.69, 9.17) is 10.5 Å². The molecule has 1 aliphatic heterocycles. The second kappa shape index (κ2) is 11.9. The first kappa shape index (κ1) is 27.0. The number of rotatable bonds is 10. The van der Waals surface area contributed by atoms with Crippen molar-refractivity contribution in [1.82, 2.24) is 0 Å². The number of ketones is 1. The van der Waals surface area contributed by atoms with Crippen LogP contribution in [0.15, 0.2) is 24.3 Å². The van der Waals surface area contributed by atoms with Crippen LogP contribution in [-0.2, 0) is 11.2 Å². The van der Waals surface area contributed by atoms with Crippen LogP contribution in [0, 0.1) is 11.8 Å². The van der Waals surface area contributed by atoms with E-state index in [9.17, 15) is 18.0 Å². The van der Waals surface area contributed by atoms with Gasteiger partial charge in [0.05, 0.1) is 31.7 Å². The Morgan fingerprint density at radius 2 is 1.71 bits per heavy atom. The van der Waals surface area contributed by atoms with Gasteiger partial charge in [0.25, 0.3) is 0 Å². The standard InChI is InChI=1S/C27H42F3N2O2/c1-3-15-32(20(2)18-21-9-11-24(12-10-21)34-19-27(28,29)30)16-13-22(14-17-32)25(31)26(33)23-7-5-4-6-8-23/h9-12,20,22-23,25H,3-8,13-19,31H2,1-2H3/q+1. The first-order valence-corrected chi connectivity index (χ1v) is 13.1. The van der Waals surface area contributed by atoms with Crippen molar-refractivity contribution in [2.24, 2.45) is 17.6 Å². The Hall–Kier alpha value is -1.60. The number of halogens is 3. The van der Waals surface area contributed by atoms with Crippen molar-refractivity contribution in [1.29, 1.82) is 0 Å². The topological polar surface area (TPSA) is 52.3 Å². The number of carbonyl (C=O) groups is 1. The molecule has 2 aliphatic rings. The number of nitrogens with zero attached hydrogens (tertiary/aromatic N) is 1. The van der Waals surface area contributed by atoms with E-state index in [-0.39, 0.29) is 23.6 Å². The molecule has 2 fully saturated rings. The van der Waals surface area contributed by atoms with Crippen molar-refractivity contribution in [3.8, 4) is 5.75 Å². The predicted octanol–water partition coefficient (Wildman–Crippen LogP) is 5.67. The summed E-state index contributed by atoms with van der Waals surface area (Å²) in [7, 11) is 0. The third-order valence-electron chi connectivity index (χ3n) is 8.20. The second-order valence-electron chi connectivity index (χ2n) is 10.6. The summed E-state index contributed by atoms with van der Waals surface area (Å²) in [6, 6.07) is 7.05. The molecule has 2 unspecified atom stereocenters. The third kappa shape index (κ3) is 7.20. The van der Waals surface area contributed by atoms with E-state index in [1.165, 1.54) is 6.42 Å². The lowest BCUT2D eigenvalue weighted by atomic mass is 9.78. The number of likely N-dealkylation sites (tertiary alicyclic amines) is 1. The zero-order valence-corrected chi connectivity index (χ0v) is 20.8. The lowest BCUT2D eigenvalue weighted by molar-refractivity contribution is -0.954. The Bertz CT molecular complexity index is 767. The quantitative estimate of drug-likeness (QED) is 0.436. The minimum Gasteiger partial charge on any atom is -0.484 e. The number of quaternary nitrogens is 1. The van der Waals surface area contributed by atoms with Gasteiger partial charge in [0.2, 0.25) is 0 Å². The third-order valence-corrected chi connectivity index (χ3v) is 8.20. The van der Waals surface area contributed by atoms with Crippen LogP contribution in [0.1, 0.15) is 70.8 Å². The molecule has 1 aliphatic carbocycles. The minimum atomic E-state index is -4.33. The van der Waals surface area contributed by atoms with Crippen molar-refractivity contribution in [3.05, 3.63) is 29.8 Å². The predicted molar refractivity (Wildman–Crippen MR) is 129 cm³/mol. The van der Waals surface area contributed by atoms with Gasteiger partial charge in [-0.2, -0.15) is 13.2 Å². The van der Waals surface area contributed by atoms with E-state index in [0.29, 0.717) is 11.8 Å². The van der Waals surface area contributed by atoms with E-state index in [1.54, 1.807) is 12.1 Å². The van der Waals surface area contributed by atoms with Gasteiger partial charge in [-0.05, 0) is 49.8 Å². The smallest absolute Gasteiger partial charge is 0.422 e. The molecule has 0 amide bonds. The number of piperidine rings is 1. The molecular formula is C27H42F3N2O2+. The molecule has 1 saturated carbocycles. The Labute approximate surface area is 202 Å². The van der Waals surface area contributed by atoms with Crippen LogP contribution in [-0.4, -0.2) is 54.8 Å². The number of ether oxygens (including phenoxy) is 1. The molecule has 1 saturated heterocycles. The van der Waals surface area contributed by atoms with Crippen molar-refractivity contribution < 1.29 is 27.2 Å². The van der Waals surface area contributed by atoms with Gasteiger partial charge in [-0.15, -0.1) is 0 Å². The summed E-state index contributed by atoms with van der Waals surface area (Å²) in [4.78, 5) is 13.0. The molecule has 4 nitrogen and oxygen atoms in total. The summed E-state index contributed by atoms with van der Waals surface area (Å²) in [5.41, 5.74) is 7.62. The lowest BCUT2D eigenvalue weighted by Gasteiger charge is -2.49. The average Bonchev–Trinajstić information content (AvgIpc) is 2.83. The first-order valence-electron chi connectivity index (χ1n) is 13.1. The fourth-order valence-corrected chi connectivity index (χ4v) is 6.10. The van der Waals surface area contributed by atoms with Gasteiger partial charge in [-0.1, -0.05) is 38.3 Å². The molecule has 0 radical (unpaired) electrons. The highest BCUT2D eigenvalue weighted by molar-refractivity contribution is 5.86. The van der Waals surface area contributed by atoms with Gasteiger partial charge in [-0.3, -0.25) is 4.79 Å². The normalized spacial score (nSPS) is 26.1. The van der Waals surface area contributed by atoms with E-state index in [0.717, 1.165) is 81.0 Å². The molecule has 3 rings (SSSR count). The summed E-state index contributed by atoms with van der Waals surface area (Å²) in [6.45, 7) is 6.36. The molecule has 1 aromatic carbocycles. The summed E-state index contributed by atoms with van der Waals surface area (Å²) < 4.78 is 43.0. The van der Waals surface area contributed by atoms with Crippen LogP contribution in [0.5, 0.6) is 5.75 Å². The van der Waals surface area contributed by atoms with Crippen LogP contribution >= 0.6 is 0 Å². The van der Waals surface area contributed by atoms with Crippen molar-refractivity contribution in [3.63, 3.8) is 0 Å². The summed E-state index contributed by atoms with van der Waals surface area (Å²) in [5, 5.41) is 0. The molecule has 34 heavy (non-hydrogen) atoms. The Morgan fingerprint density at radius 3 is 2.26 bits per heavy atom. The van der Waals surface area contributed by atoms with Crippen molar-refractivity contribution in [2.75, 3.05) is 26.2 Å². The van der Waals surface area contributed by atoms with E-state index in [2.05, 4.69) is 13.8 Å². The minimum absolute atomic E-state index is 0.169. The van der Waals surface area contributed by atoms with Gasteiger partial charge >= 0.3 is 6.18 Å². The zero-order chi connectivity index (χ0) is 24.8. The molecule has 2 N–H and O–H groups in total. The molecule has 192 valence electrons. The highest BCUT2D eigenvalue weighted by Gasteiger charge is 2.41. The summed E-state index contributed by atoms with van der Waals surface area (Å²) in [5.74, 6) is 0.974. The molecule has 0 spiro atoms. The molecule has 2 atom stereocenters. The highest BCUT2D eigenvalue weighted by atomic mass is 19.4. The number of alkyl halides is 3. The van der Waals surface area contributed by atoms with Gasteiger partial charge < -0.3 is 15.0 Å². The van der Waals surface area contributed by atoms with E-state index < -0.39 is 12.8 Å². The number of hydrogen-bond donors (Lipinski definition) is 1. The SMILES string of the molecule is CCC[N+]1(C(C)Cc2ccc(OCC(F)(F)F)cc2)CCC(C(N)C(=O)C2CCCCC2)CC1. The molecule has 1 aromatic rings. The number of nitrogens with two attached hydrogens (primary N) is 1. The lowest BCUT2D eigenvalue weighted by Crippen LogP contribution is -2.61. The summed E-state index contributed by atoms with van der Waals surface area (Å²) in [6.07, 6.45) is 5.12. The van der Waals surface area contributed by atoms with Crippen LogP contribution in [0.3, 0.4) is 0 Å². The van der Waals surface area contributed by atoms with Gasteiger partial charge in [0.1, 0.15) is 5.75 Å². The molecule has 0 aromatic heterocycles. The molecule has 0 bridgehead atoms. The van der Waals surface area contributed by atoms with E-state index >= 15 is 0 Å². The number of hydrogen-bond acceptors (Lipinski definition) is 3. The van der Waals surface area contributed by atoms with Crippen LogP contribution in [0.4, 0.5) is 13.2 Å². The highest BCUT2D eigenvalue weighted by Crippen LogP contribution is 2.33. The summed E-state index contributed by atoms with van der Waals surface area (Å²) >= 11 is 0. The van der Waals surface area contributed by atoms with Crippen molar-refractivity contribution >= 4 is 5.78 Å². The Balaban J connectivity index is 1.57. The monoisotopic (exact) mass is 483 g/mol. The Morgan fingerprint density at radius 1 is 1.09 bits per heavy atom. The van der Waals surface area contributed by atoms with Gasteiger partial charge in [-0.25, -0.2) is 0 Å². The average molecular weight is 484 g/mol. The van der Waals surface area contributed by atoms with Gasteiger partial charge in [0.15, 0.2) is 12.4 Å². The first-order chi connectivity index (χ1) is 16.1. The maximum Gasteiger partial charge on any atom is 0.422 e. The van der Waals surface area contributed by atoms with Crippen LogP contribution in [0.2, 0.25) is 0 Å². The van der Waals surface area contributed by atoms with Crippen LogP contribution < -0.4 is 10.5 Å².